The van der Waals surface area contributed by atoms with Crippen LogP contribution < -0.4 is 15.8 Å². The highest BCUT2D eigenvalue weighted by Gasteiger charge is 2.10. The van der Waals surface area contributed by atoms with Crippen LogP contribution in [0.15, 0.2) is 29.2 Å². The fourth-order valence-corrected chi connectivity index (χ4v) is 2.08. The molecule has 0 spiro atoms. The van der Waals surface area contributed by atoms with Crippen molar-refractivity contribution in [3.8, 4) is 0 Å². The largest absolute Gasteiger partial charge is 0.350 e. The molecule has 0 heterocycles. The van der Waals surface area contributed by atoms with Crippen molar-refractivity contribution in [1.82, 2.24) is 10.6 Å². The van der Waals surface area contributed by atoms with Crippen LogP contribution in [-0.2, 0) is 10.0 Å². The molecule has 7 heteroatoms. The van der Waals surface area contributed by atoms with E-state index in [9.17, 15) is 13.2 Å². The van der Waals surface area contributed by atoms with Gasteiger partial charge in [-0.1, -0.05) is 6.92 Å². The number of primary sulfonamides is 1. The standard InChI is InChI=1S/C12H19N3O3S/c1-3-14-9(2)8-15-12(16)10-4-6-11(7-5-10)19(13,17)18/h4-7,9,14H,3,8H2,1-2H3,(H,15,16)(H2,13,17,18). The minimum absolute atomic E-state index is 0.00920. The van der Waals surface area contributed by atoms with Crippen LogP contribution >= 0.6 is 0 Å². The summed E-state index contributed by atoms with van der Waals surface area (Å²) in [4.78, 5) is 11.8. The van der Waals surface area contributed by atoms with Crippen LogP contribution in [0.3, 0.4) is 0 Å². The zero-order valence-electron chi connectivity index (χ0n) is 11.0. The first-order valence-electron chi connectivity index (χ1n) is 5.99. The molecule has 6 nitrogen and oxygen atoms in total. The molecule has 0 radical (unpaired) electrons. The third-order valence-corrected chi connectivity index (χ3v) is 3.50. The topological polar surface area (TPSA) is 101 Å². The van der Waals surface area contributed by atoms with Crippen LogP contribution in [0.4, 0.5) is 0 Å². The SMILES string of the molecule is CCNC(C)CNC(=O)c1ccc(S(N)(=O)=O)cc1. The molecule has 1 unspecified atom stereocenters. The molecular formula is C12H19N3O3S. The van der Waals surface area contributed by atoms with Crippen LogP contribution in [-0.4, -0.2) is 33.5 Å². The van der Waals surface area contributed by atoms with E-state index in [0.717, 1.165) is 6.54 Å². The van der Waals surface area contributed by atoms with Gasteiger partial charge in [-0.25, -0.2) is 13.6 Å². The van der Waals surface area contributed by atoms with Crippen molar-refractivity contribution in [1.29, 1.82) is 0 Å². The fourth-order valence-electron chi connectivity index (χ4n) is 1.56. The Kier molecular flexibility index (Phi) is 5.46. The Labute approximate surface area is 113 Å². The summed E-state index contributed by atoms with van der Waals surface area (Å²) >= 11 is 0. The highest BCUT2D eigenvalue weighted by molar-refractivity contribution is 7.89. The molecule has 1 amide bonds. The number of likely N-dealkylation sites (N-methyl/N-ethyl adjacent to an activating group) is 1. The maximum absolute atomic E-state index is 11.8. The highest BCUT2D eigenvalue weighted by Crippen LogP contribution is 2.08. The van der Waals surface area contributed by atoms with Gasteiger partial charge in [0.15, 0.2) is 0 Å². The predicted octanol–water partition coefficient (Wildman–Crippen LogP) is 0.0618. The first-order valence-corrected chi connectivity index (χ1v) is 7.53. The first-order chi connectivity index (χ1) is 8.84. The molecule has 0 saturated heterocycles. The summed E-state index contributed by atoms with van der Waals surface area (Å²) in [6.45, 7) is 5.29. The Bertz CT molecular complexity index is 526. The van der Waals surface area contributed by atoms with Crippen molar-refractivity contribution in [2.24, 2.45) is 5.14 Å². The average Bonchev–Trinajstić information content (AvgIpc) is 2.35. The first kappa shape index (κ1) is 15.6. The number of nitrogens with two attached hydrogens (primary N) is 1. The summed E-state index contributed by atoms with van der Waals surface area (Å²) in [5.41, 5.74) is 0.399. The lowest BCUT2D eigenvalue weighted by molar-refractivity contribution is 0.0950. The van der Waals surface area contributed by atoms with E-state index in [2.05, 4.69) is 10.6 Å². The zero-order chi connectivity index (χ0) is 14.5. The molecule has 0 fully saturated rings. The molecule has 4 N–H and O–H groups in total. The normalized spacial score (nSPS) is 13.0. The van der Waals surface area contributed by atoms with Gasteiger partial charge >= 0.3 is 0 Å². The number of rotatable bonds is 6. The van der Waals surface area contributed by atoms with Crippen molar-refractivity contribution < 1.29 is 13.2 Å². The van der Waals surface area contributed by atoms with E-state index in [-0.39, 0.29) is 16.8 Å². The van der Waals surface area contributed by atoms with Crippen LogP contribution in [0.25, 0.3) is 0 Å². The summed E-state index contributed by atoms with van der Waals surface area (Å²) in [7, 11) is -3.72. The zero-order valence-corrected chi connectivity index (χ0v) is 11.8. The number of sulfonamides is 1. The second-order valence-corrected chi connectivity index (χ2v) is 5.80. The van der Waals surface area contributed by atoms with Gasteiger partial charge in [0, 0.05) is 18.2 Å². The molecule has 1 aromatic rings. The van der Waals surface area contributed by atoms with Gasteiger partial charge in [-0.05, 0) is 37.7 Å². The van der Waals surface area contributed by atoms with Crippen molar-refractivity contribution in [3.05, 3.63) is 29.8 Å². The Hall–Kier alpha value is -1.44. The minimum Gasteiger partial charge on any atom is -0.350 e. The van der Waals surface area contributed by atoms with E-state index in [0.29, 0.717) is 12.1 Å². The van der Waals surface area contributed by atoms with E-state index < -0.39 is 10.0 Å². The van der Waals surface area contributed by atoms with Gasteiger partial charge in [0.1, 0.15) is 0 Å². The predicted molar refractivity (Wildman–Crippen MR) is 73.3 cm³/mol. The van der Waals surface area contributed by atoms with E-state index in [4.69, 9.17) is 5.14 Å². The molecule has 19 heavy (non-hydrogen) atoms. The molecule has 0 bridgehead atoms. The maximum atomic E-state index is 11.8. The number of carbonyl (C=O) groups excluding carboxylic acids is 1. The van der Waals surface area contributed by atoms with Gasteiger partial charge in [-0.2, -0.15) is 0 Å². The lowest BCUT2D eigenvalue weighted by atomic mass is 10.2. The van der Waals surface area contributed by atoms with Gasteiger partial charge in [-0.3, -0.25) is 4.79 Å². The number of benzene rings is 1. The molecular weight excluding hydrogens is 266 g/mol. The highest BCUT2D eigenvalue weighted by atomic mass is 32.2. The lowest BCUT2D eigenvalue weighted by Crippen LogP contribution is -2.38. The Morgan fingerprint density at radius 3 is 2.37 bits per heavy atom. The Morgan fingerprint density at radius 1 is 1.32 bits per heavy atom. The smallest absolute Gasteiger partial charge is 0.251 e. The summed E-state index contributed by atoms with van der Waals surface area (Å²) in [5, 5.41) is 10.9. The maximum Gasteiger partial charge on any atom is 0.251 e. The number of hydrogen-bond acceptors (Lipinski definition) is 4. The molecule has 0 saturated carbocycles. The monoisotopic (exact) mass is 285 g/mol. The average molecular weight is 285 g/mol. The number of nitrogens with one attached hydrogen (secondary N) is 2. The van der Waals surface area contributed by atoms with E-state index in [1.807, 2.05) is 13.8 Å². The van der Waals surface area contributed by atoms with Crippen molar-refractivity contribution >= 4 is 15.9 Å². The number of amides is 1. The Balaban J connectivity index is 2.64. The van der Waals surface area contributed by atoms with Gasteiger partial charge in [0.25, 0.3) is 5.91 Å². The number of carbonyl (C=O) groups is 1. The van der Waals surface area contributed by atoms with Gasteiger partial charge in [0.2, 0.25) is 10.0 Å². The van der Waals surface area contributed by atoms with Crippen LogP contribution in [0.2, 0.25) is 0 Å². The summed E-state index contributed by atoms with van der Waals surface area (Å²) < 4.78 is 22.1. The summed E-state index contributed by atoms with van der Waals surface area (Å²) in [6, 6.07) is 5.69. The second-order valence-electron chi connectivity index (χ2n) is 4.24. The Morgan fingerprint density at radius 2 is 1.89 bits per heavy atom. The molecule has 1 atom stereocenters. The van der Waals surface area contributed by atoms with E-state index in [1.54, 1.807) is 0 Å². The molecule has 1 rings (SSSR count). The number of hydrogen-bond donors (Lipinski definition) is 3. The van der Waals surface area contributed by atoms with E-state index >= 15 is 0 Å². The van der Waals surface area contributed by atoms with Gasteiger partial charge in [-0.15, -0.1) is 0 Å². The molecule has 0 aliphatic rings. The quantitative estimate of drug-likeness (QED) is 0.688. The fraction of sp³-hybridized carbons (Fsp3) is 0.417. The van der Waals surface area contributed by atoms with Crippen molar-refractivity contribution in [3.63, 3.8) is 0 Å². The second kappa shape index (κ2) is 6.65. The van der Waals surface area contributed by atoms with Gasteiger partial charge in [0.05, 0.1) is 4.90 Å². The van der Waals surface area contributed by atoms with Crippen LogP contribution in [0.1, 0.15) is 24.2 Å². The van der Waals surface area contributed by atoms with Crippen LogP contribution in [0.5, 0.6) is 0 Å². The molecule has 0 aliphatic carbocycles. The lowest BCUT2D eigenvalue weighted by Gasteiger charge is -2.13. The minimum atomic E-state index is -3.72. The van der Waals surface area contributed by atoms with E-state index in [1.165, 1.54) is 24.3 Å². The molecule has 0 aromatic heterocycles. The van der Waals surface area contributed by atoms with Gasteiger partial charge < -0.3 is 10.6 Å². The molecule has 0 aliphatic heterocycles. The summed E-state index contributed by atoms with van der Waals surface area (Å²) in [6.07, 6.45) is 0. The molecule has 106 valence electrons. The van der Waals surface area contributed by atoms with Crippen molar-refractivity contribution in [2.75, 3.05) is 13.1 Å². The third kappa shape index (κ3) is 4.98. The molecule has 1 aromatic carbocycles. The summed E-state index contributed by atoms with van der Waals surface area (Å²) in [5.74, 6) is -0.245. The van der Waals surface area contributed by atoms with Crippen LogP contribution in [0, 0.1) is 0 Å². The third-order valence-electron chi connectivity index (χ3n) is 2.57. The van der Waals surface area contributed by atoms with Crippen molar-refractivity contribution in [2.45, 2.75) is 24.8 Å².